The molecule has 1 saturated heterocycles. The van der Waals surface area contributed by atoms with Crippen molar-refractivity contribution in [2.24, 2.45) is 0 Å². The molecule has 1 heterocycles. The van der Waals surface area contributed by atoms with Crippen LogP contribution in [0.2, 0.25) is 0 Å². The van der Waals surface area contributed by atoms with Crippen molar-refractivity contribution in [3.8, 4) is 17.6 Å². The molecule has 4 aromatic carbocycles. The lowest BCUT2D eigenvalue weighted by molar-refractivity contribution is -0.277. The van der Waals surface area contributed by atoms with Gasteiger partial charge in [0.15, 0.2) is 18.5 Å². The number of carbonyl (C=O) groups excluding carboxylic acids is 5. The number of anilines is 1. The Hall–Kier alpha value is -6.49. The molecular formula is C64H87N4O15P. The Bertz CT molecular complexity index is 2620. The summed E-state index contributed by atoms with van der Waals surface area (Å²) in [5.74, 6) is -1.03. The minimum atomic E-state index is -1.71. The summed E-state index contributed by atoms with van der Waals surface area (Å²) >= 11 is 0. The van der Waals surface area contributed by atoms with E-state index in [0.29, 0.717) is 30.0 Å². The summed E-state index contributed by atoms with van der Waals surface area (Å²) in [4.78, 5) is 61.4. The number of unbranched alkanes of at least 4 members (excludes halogenated alkanes) is 8. The standard InChI is InChI=1S/C64H87N4O15P/c1-44(2)68(45(3)4)84(79-41-23-39-65)83-57(43-78-64(51-24-19-18-20-25-51,52-29-35-55(74-9)36-30-52)53-31-37-56(75-10)38-32-53)50-27-33-54(34-28-50)67-59(73)26-21-16-14-12-11-13-15-17-22-40-76-63-60(66-46(5)69)62(81-49(8)72)61(80-48(7)71)58(82-63)42-77-47(6)70/h18-20,24-25,27-38,44-45,57-58,60-63H,11-17,21-23,26,40-43H2,1-10H3,(H,66,69)(H,67,73). The van der Waals surface area contributed by atoms with Crippen LogP contribution in [0.15, 0.2) is 103 Å². The molecule has 0 radical (unpaired) electrons. The average Bonchev–Trinajstić information content (AvgIpc) is 3.63. The maximum absolute atomic E-state index is 13.3. The van der Waals surface area contributed by atoms with E-state index in [2.05, 4.69) is 61.2 Å². The summed E-state index contributed by atoms with van der Waals surface area (Å²) in [5, 5.41) is 15.3. The zero-order valence-electron chi connectivity index (χ0n) is 50.5. The molecule has 0 aliphatic carbocycles. The molecule has 0 aromatic heterocycles. The molecule has 7 atom stereocenters. The van der Waals surface area contributed by atoms with Gasteiger partial charge in [-0.2, -0.15) is 5.26 Å². The van der Waals surface area contributed by atoms with Gasteiger partial charge in [-0.15, -0.1) is 0 Å². The van der Waals surface area contributed by atoms with Gasteiger partial charge in [0.05, 0.1) is 39.9 Å². The van der Waals surface area contributed by atoms with E-state index < -0.39 is 74.7 Å². The molecule has 19 nitrogen and oxygen atoms in total. The number of ether oxygens (including phenoxy) is 8. The molecule has 1 aliphatic rings. The summed E-state index contributed by atoms with van der Waals surface area (Å²) in [6.07, 6.45) is 3.76. The molecule has 458 valence electrons. The lowest BCUT2D eigenvalue weighted by atomic mass is 9.80. The third-order valence-electron chi connectivity index (χ3n) is 14.0. The van der Waals surface area contributed by atoms with E-state index in [-0.39, 0.29) is 50.8 Å². The van der Waals surface area contributed by atoms with Crippen molar-refractivity contribution in [3.63, 3.8) is 0 Å². The largest absolute Gasteiger partial charge is 0.497 e. The monoisotopic (exact) mass is 1180 g/mol. The number of hydrogen-bond donors (Lipinski definition) is 2. The predicted molar refractivity (Wildman–Crippen MR) is 319 cm³/mol. The quantitative estimate of drug-likeness (QED) is 0.0142. The first-order chi connectivity index (χ1) is 40.4. The second-order valence-electron chi connectivity index (χ2n) is 21.1. The van der Waals surface area contributed by atoms with Crippen LogP contribution in [0.3, 0.4) is 0 Å². The number of nitrogens with one attached hydrogen (secondary N) is 2. The molecule has 7 unspecified atom stereocenters. The molecule has 4 aromatic rings. The molecule has 1 aliphatic heterocycles. The van der Waals surface area contributed by atoms with Crippen LogP contribution >= 0.6 is 8.53 Å². The second-order valence-corrected chi connectivity index (χ2v) is 22.6. The zero-order chi connectivity index (χ0) is 61.0. The van der Waals surface area contributed by atoms with Gasteiger partial charge in [-0.05, 0) is 99.2 Å². The van der Waals surface area contributed by atoms with E-state index in [0.717, 1.165) is 73.6 Å². The second kappa shape index (κ2) is 35.7. The van der Waals surface area contributed by atoms with Crippen LogP contribution in [0.1, 0.15) is 154 Å². The van der Waals surface area contributed by atoms with E-state index >= 15 is 0 Å². The first kappa shape index (κ1) is 68.3. The van der Waals surface area contributed by atoms with E-state index in [1.54, 1.807) is 14.2 Å². The van der Waals surface area contributed by atoms with Crippen molar-refractivity contribution in [1.82, 2.24) is 9.99 Å². The number of esters is 3. The van der Waals surface area contributed by atoms with E-state index in [4.69, 9.17) is 46.9 Å². The fraction of sp³-hybridized carbons (Fsp3) is 0.531. The average molecular weight is 1180 g/mol. The Morgan fingerprint density at radius 1 is 0.667 bits per heavy atom. The van der Waals surface area contributed by atoms with Crippen molar-refractivity contribution < 1.29 is 70.9 Å². The maximum atomic E-state index is 13.3. The third-order valence-corrected chi connectivity index (χ3v) is 16.1. The Morgan fingerprint density at radius 2 is 1.20 bits per heavy atom. The van der Waals surface area contributed by atoms with Crippen LogP contribution in [0, 0.1) is 11.3 Å². The third kappa shape index (κ3) is 21.2. The van der Waals surface area contributed by atoms with Gasteiger partial charge < -0.3 is 57.6 Å². The molecule has 2 N–H and O–H groups in total. The Labute approximate surface area is 497 Å². The van der Waals surface area contributed by atoms with Crippen LogP contribution in [-0.4, -0.2) is 118 Å². The lowest BCUT2D eigenvalue weighted by Gasteiger charge is -2.44. The van der Waals surface area contributed by atoms with Gasteiger partial charge in [0, 0.05) is 58.5 Å². The summed E-state index contributed by atoms with van der Waals surface area (Å²) in [5.41, 5.74) is 2.96. The summed E-state index contributed by atoms with van der Waals surface area (Å²) < 4.78 is 62.7. The van der Waals surface area contributed by atoms with E-state index in [9.17, 15) is 29.2 Å². The van der Waals surface area contributed by atoms with Crippen molar-refractivity contribution in [2.45, 2.75) is 180 Å². The predicted octanol–water partition coefficient (Wildman–Crippen LogP) is 11.6. The normalized spacial score (nSPS) is 17.6. The highest BCUT2D eigenvalue weighted by Gasteiger charge is 2.51. The number of benzene rings is 4. The molecule has 0 saturated carbocycles. The first-order valence-electron chi connectivity index (χ1n) is 29.1. The number of hydrogen-bond acceptors (Lipinski definition) is 17. The van der Waals surface area contributed by atoms with Gasteiger partial charge in [0.1, 0.15) is 42.0 Å². The number of methoxy groups -OCH3 is 2. The van der Waals surface area contributed by atoms with Crippen LogP contribution in [0.5, 0.6) is 11.5 Å². The highest BCUT2D eigenvalue weighted by atomic mass is 31.2. The van der Waals surface area contributed by atoms with Crippen molar-refractivity contribution in [1.29, 1.82) is 5.26 Å². The van der Waals surface area contributed by atoms with Crippen molar-refractivity contribution in [2.75, 3.05) is 46.0 Å². The highest BCUT2D eigenvalue weighted by Crippen LogP contribution is 2.51. The van der Waals surface area contributed by atoms with Gasteiger partial charge in [0.25, 0.3) is 8.53 Å². The van der Waals surface area contributed by atoms with Gasteiger partial charge in [-0.25, -0.2) is 4.67 Å². The van der Waals surface area contributed by atoms with Crippen molar-refractivity contribution >= 4 is 43.9 Å². The Balaban J connectivity index is 1.18. The van der Waals surface area contributed by atoms with Gasteiger partial charge in [-0.3, -0.25) is 24.0 Å². The summed E-state index contributed by atoms with van der Waals surface area (Å²) in [7, 11) is 1.57. The number of rotatable bonds is 36. The number of nitrogens with zero attached hydrogens (tertiary/aromatic N) is 2. The van der Waals surface area contributed by atoms with E-state index in [1.165, 1.54) is 27.7 Å². The molecule has 5 rings (SSSR count). The minimum absolute atomic E-state index is 0.0537. The minimum Gasteiger partial charge on any atom is -0.497 e. The number of amides is 2. The zero-order valence-corrected chi connectivity index (χ0v) is 51.4. The molecule has 84 heavy (non-hydrogen) atoms. The molecule has 0 spiro atoms. The molecule has 0 bridgehead atoms. The Kier molecular flexibility index (Phi) is 29.0. The lowest BCUT2D eigenvalue weighted by Crippen LogP contribution is -2.66. The SMILES string of the molecule is COc1ccc(C(OCC(OP(OCCC#N)N(C(C)C)C(C)C)c2ccc(NC(=O)CCCCCCCCCCCOC3OC(COC(C)=O)C(OC(C)=O)C(OC(C)=O)C3NC(C)=O)cc2)(c2ccccc2)c2ccc(OC)cc2)cc1. The maximum Gasteiger partial charge on any atom is 0.303 e. The molecule has 20 heteroatoms. The Morgan fingerprint density at radius 3 is 1.71 bits per heavy atom. The number of carbonyl (C=O) groups is 5. The van der Waals surface area contributed by atoms with Gasteiger partial charge in [0.2, 0.25) is 11.8 Å². The van der Waals surface area contributed by atoms with Crippen LogP contribution in [0.25, 0.3) is 0 Å². The molecule has 1 fully saturated rings. The van der Waals surface area contributed by atoms with Gasteiger partial charge >= 0.3 is 17.9 Å². The first-order valence-corrected chi connectivity index (χ1v) is 30.2. The van der Waals surface area contributed by atoms with Crippen LogP contribution < -0.4 is 20.1 Å². The molecule has 2 amide bonds. The van der Waals surface area contributed by atoms with Crippen LogP contribution in [0.4, 0.5) is 5.69 Å². The highest BCUT2D eigenvalue weighted by molar-refractivity contribution is 7.44. The van der Waals surface area contributed by atoms with Crippen LogP contribution in [-0.2, 0) is 67.0 Å². The summed E-state index contributed by atoms with van der Waals surface area (Å²) in [6, 6.07) is 34.8. The summed E-state index contributed by atoms with van der Waals surface area (Å²) in [6.45, 7) is 13.5. The fourth-order valence-electron chi connectivity index (χ4n) is 10.1. The molecular weight excluding hydrogens is 1100 g/mol. The van der Waals surface area contributed by atoms with E-state index in [1.807, 2.05) is 91.0 Å². The smallest absolute Gasteiger partial charge is 0.303 e. The fourth-order valence-corrected chi connectivity index (χ4v) is 11.8. The topological polar surface area (TPSA) is 229 Å². The van der Waals surface area contributed by atoms with Gasteiger partial charge in [-0.1, -0.05) is 112 Å². The number of nitriles is 1. The van der Waals surface area contributed by atoms with Crippen molar-refractivity contribution in [3.05, 3.63) is 125 Å².